The van der Waals surface area contributed by atoms with Crippen LogP contribution in [0.5, 0.6) is 0 Å². The highest BCUT2D eigenvalue weighted by Crippen LogP contribution is 2.12. The van der Waals surface area contributed by atoms with Crippen LogP contribution in [0.15, 0.2) is 4.99 Å². The van der Waals surface area contributed by atoms with E-state index in [4.69, 9.17) is 9.11 Å². The molecule has 0 saturated carbocycles. The molecule has 0 saturated heterocycles. The Hall–Kier alpha value is -1.24. The van der Waals surface area contributed by atoms with E-state index in [0.29, 0.717) is 25.8 Å². The van der Waals surface area contributed by atoms with Crippen molar-refractivity contribution in [2.45, 2.75) is 116 Å². The van der Waals surface area contributed by atoms with Crippen molar-refractivity contribution < 1.29 is 30.7 Å². The van der Waals surface area contributed by atoms with Gasteiger partial charge in [-0.2, -0.15) is 16.8 Å². The SMILES string of the molecule is CCCN(CCNC(=O)CCCCCCCCCS(=O)(=O)O)C(CCCCCCCCCS(=O)(=O)O)=NC. The number of amides is 1. The molecule has 1 amide bonds. The summed E-state index contributed by atoms with van der Waals surface area (Å²) in [5.41, 5.74) is 0. The van der Waals surface area contributed by atoms with Crippen molar-refractivity contribution >= 4 is 32.0 Å². The highest BCUT2D eigenvalue weighted by atomic mass is 32.2. The van der Waals surface area contributed by atoms with Gasteiger partial charge >= 0.3 is 0 Å². The third kappa shape index (κ3) is 25.1. The second-order valence-corrected chi connectivity index (χ2v) is 13.1. The van der Waals surface area contributed by atoms with Gasteiger partial charge in [0.2, 0.25) is 5.91 Å². The van der Waals surface area contributed by atoms with Gasteiger partial charge in [0.15, 0.2) is 0 Å². The van der Waals surface area contributed by atoms with Crippen LogP contribution in [-0.4, -0.2) is 80.8 Å². The Morgan fingerprint density at radius 2 is 1.11 bits per heavy atom. The molecule has 0 rings (SSSR count). The summed E-state index contributed by atoms with van der Waals surface area (Å²) in [7, 11) is -5.86. The first kappa shape index (κ1) is 36.8. The minimum atomic E-state index is -3.84. The molecule has 0 atom stereocenters. The standard InChI is InChI=1S/C26H53N3O7S2/c1-3-21-29(25(27-2)18-14-10-6-4-8-12-16-23-37(31,32)33)22-20-28-26(30)19-15-11-7-5-9-13-17-24-38(34,35)36/h3-24H2,1-2H3,(H,28,30)(H,31,32,33)(H,34,35,36). The number of hydrogen-bond donors (Lipinski definition) is 3. The molecule has 0 unspecified atom stereocenters. The monoisotopic (exact) mass is 583 g/mol. The van der Waals surface area contributed by atoms with E-state index < -0.39 is 20.2 Å². The fourth-order valence-electron chi connectivity index (χ4n) is 4.38. The number of hydrogen-bond acceptors (Lipinski definition) is 6. The van der Waals surface area contributed by atoms with Crippen LogP contribution >= 0.6 is 0 Å². The number of rotatable bonds is 25. The average Bonchev–Trinajstić information content (AvgIpc) is 2.82. The third-order valence-corrected chi connectivity index (χ3v) is 8.04. The normalized spacial score (nSPS) is 12.6. The zero-order chi connectivity index (χ0) is 28.7. The smallest absolute Gasteiger partial charge is 0.264 e. The summed E-state index contributed by atoms with van der Waals surface area (Å²) in [6.07, 6.45) is 15.1. The Bertz CT molecular complexity index is 847. The van der Waals surface area contributed by atoms with Crippen molar-refractivity contribution in [3.05, 3.63) is 0 Å². The predicted molar refractivity (Wildman–Crippen MR) is 155 cm³/mol. The second kappa shape index (κ2) is 22.6. The third-order valence-electron chi connectivity index (χ3n) is 6.43. The molecular weight excluding hydrogens is 530 g/mol. The highest BCUT2D eigenvalue weighted by Gasteiger charge is 2.11. The largest absolute Gasteiger partial charge is 0.359 e. The first-order valence-corrected chi connectivity index (χ1v) is 17.6. The van der Waals surface area contributed by atoms with Gasteiger partial charge in [-0.15, -0.1) is 0 Å². The van der Waals surface area contributed by atoms with Crippen molar-refractivity contribution in [2.75, 3.05) is 38.2 Å². The average molecular weight is 584 g/mol. The molecule has 0 aromatic heterocycles. The highest BCUT2D eigenvalue weighted by molar-refractivity contribution is 7.86. The second-order valence-electron chi connectivity index (χ2n) is 10.00. The number of amidine groups is 1. The van der Waals surface area contributed by atoms with Crippen LogP contribution in [0, 0.1) is 0 Å². The molecule has 12 heteroatoms. The van der Waals surface area contributed by atoms with Gasteiger partial charge in [-0.3, -0.25) is 18.9 Å². The van der Waals surface area contributed by atoms with Gasteiger partial charge in [-0.1, -0.05) is 71.1 Å². The van der Waals surface area contributed by atoms with E-state index in [-0.39, 0.29) is 17.4 Å². The van der Waals surface area contributed by atoms with Gasteiger partial charge in [-0.25, -0.2) is 0 Å². The zero-order valence-corrected chi connectivity index (χ0v) is 25.3. The van der Waals surface area contributed by atoms with Gasteiger partial charge in [0.1, 0.15) is 0 Å². The number of nitrogens with zero attached hydrogens (tertiary/aromatic N) is 2. The first-order valence-electron chi connectivity index (χ1n) is 14.4. The molecule has 38 heavy (non-hydrogen) atoms. The van der Waals surface area contributed by atoms with Gasteiger partial charge in [0, 0.05) is 39.5 Å². The molecule has 0 aromatic carbocycles. The van der Waals surface area contributed by atoms with E-state index in [9.17, 15) is 21.6 Å². The lowest BCUT2D eigenvalue weighted by molar-refractivity contribution is -0.121. The Balaban J connectivity index is 3.94. The number of nitrogens with one attached hydrogen (secondary N) is 1. The summed E-state index contributed by atoms with van der Waals surface area (Å²) in [5, 5.41) is 3.02. The van der Waals surface area contributed by atoms with Crippen molar-refractivity contribution in [1.82, 2.24) is 10.2 Å². The summed E-state index contributed by atoms with van der Waals surface area (Å²) in [6.45, 7) is 4.37. The minimum absolute atomic E-state index is 0.0705. The maximum atomic E-state index is 12.2. The Labute approximate surface area is 231 Å². The van der Waals surface area contributed by atoms with Crippen LogP contribution < -0.4 is 5.32 Å². The summed E-state index contributed by atoms with van der Waals surface area (Å²) >= 11 is 0. The molecule has 0 radical (unpaired) electrons. The molecule has 0 aliphatic carbocycles. The fourth-order valence-corrected chi connectivity index (χ4v) is 5.51. The van der Waals surface area contributed by atoms with Crippen LogP contribution in [0.1, 0.15) is 116 Å². The lowest BCUT2D eigenvalue weighted by Gasteiger charge is -2.26. The molecule has 10 nitrogen and oxygen atoms in total. The molecule has 0 heterocycles. The van der Waals surface area contributed by atoms with Gasteiger partial charge in [-0.05, 0) is 32.1 Å². The maximum Gasteiger partial charge on any atom is 0.264 e. The van der Waals surface area contributed by atoms with Crippen LogP contribution in [0.4, 0.5) is 0 Å². The lowest BCUT2D eigenvalue weighted by atomic mass is 10.1. The first-order chi connectivity index (χ1) is 18.0. The molecule has 226 valence electrons. The summed E-state index contributed by atoms with van der Waals surface area (Å²) < 4.78 is 60.2. The Morgan fingerprint density at radius 1 is 0.684 bits per heavy atom. The number of unbranched alkanes of at least 4 members (excludes halogenated alkanes) is 12. The van der Waals surface area contributed by atoms with Crippen molar-refractivity contribution in [1.29, 1.82) is 0 Å². The van der Waals surface area contributed by atoms with E-state index in [1.54, 1.807) is 0 Å². The summed E-state index contributed by atoms with van der Waals surface area (Å²) in [6, 6.07) is 0. The Morgan fingerprint density at radius 3 is 1.53 bits per heavy atom. The summed E-state index contributed by atoms with van der Waals surface area (Å²) in [4.78, 5) is 19.0. The Kier molecular flexibility index (Phi) is 21.8. The van der Waals surface area contributed by atoms with Crippen molar-refractivity contribution in [3.8, 4) is 0 Å². The van der Waals surface area contributed by atoms with Crippen LogP contribution in [0.3, 0.4) is 0 Å². The molecule has 0 aliphatic heterocycles. The number of aliphatic imine (C=N–C) groups is 1. The van der Waals surface area contributed by atoms with E-state index in [1.165, 1.54) is 0 Å². The molecule has 3 N–H and O–H groups in total. The van der Waals surface area contributed by atoms with Gasteiger partial charge < -0.3 is 10.2 Å². The topological polar surface area (TPSA) is 153 Å². The molecular formula is C26H53N3O7S2. The van der Waals surface area contributed by atoms with E-state index in [2.05, 4.69) is 22.1 Å². The van der Waals surface area contributed by atoms with E-state index in [1.807, 2.05) is 7.05 Å². The molecule has 0 aliphatic rings. The zero-order valence-electron chi connectivity index (χ0n) is 23.7. The van der Waals surface area contributed by atoms with Crippen molar-refractivity contribution in [3.63, 3.8) is 0 Å². The van der Waals surface area contributed by atoms with E-state index >= 15 is 0 Å². The lowest BCUT2D eigenvalue weighted by Crippen LogP contribution is -2.39. The molecule has 0 aromatic rings. The van der Waals surface area contributed by atoms with Crippen LogP contribution in [-0.2, 0) is 25.0 Å². The van der Waals surface area contributed by atoms with E-state index in [0.717, 1.165) is 109 Å². The minimum Gasteiger partial charge on any atom is -0.359 e. The summed E-state index contributed by atoms with van der Waals surface area (Å²) in [5.74, 6) is 0.829. The quantitative estimate of drug-likeness (QED) is 0.0596. The predicted octanol–water partition coefficient (Wildman–Crippen LogP) is 4.86. The molecule has 0 fully saturated rings. The van der Waals surface area contributed by atoms with Gasteiger partial charge in [0.25, 0.3) is 20.2 Å². The van der Waals surface area contributed by atoms with Crippen molar-refractivity contribution in [2.24, 2.45) is 4.99 Å². The maximum absolute atomic E-state index is 12.2. The number of carbonyl (C=O) groups excluding carboxylic acids is 1. The number of carbonyl (C=O) groups is 1. The molecule has 0 bridgehead atoms. The van der Waals surface area contributed by atoms with Gasteiger partial charge in [0.05, 0.1) is 17.3 Å². The fraction of sp³-hybridized carbons (Fsp3) is 0.923. The molecule has 0 spiro atoms. The van der Waals surface area contributed by atoms with Crippen LogP contribution in [0.25, 0.3) is 0 Å². The van der Waals surface area contributed by atoms with Crippen LogP contribution in [0.2, 0.25) is 0 Å².